The van der Waals surface area contributed by atoms with Crippen molar-refractivity contribution in [3.8, 4) is 0 Å². The van der Waals surface area contributed by atoms with E-state index >= 15 is 0 Å². The Labute approximate surface area is 92.2 Å². The van der Waals surface area contributed by atoms with Gasteiger partial charge in [-0.25, -0.2) is 0 Å². The molecule has 4 aliphatic rings. The van der Waals surface area contributed by atoms with Crippen LogP contribution >= 0.6 is 15.9 Å². The molecule has 0 aliphatic heterocycles. The molecule has 14 heavy (non-hydrogen) atoms. The summed E-state index contributed by atoms with van der Waals surface area (Å²) < 4.78 is 0. The second kappa shape index (κ2) is 2.75. The molecule has 0 radical (unpaired) electrons. The van der Waals surface area contributed by atoms with Gasteiger partial charge in [-0.05, 0) is 49.9 Å². The molecule has 0 aromatic heterocycles. The Hall–Kier alpha value is -0.0500. The second-order valence-electron chi connectivity index (χ2n) is 5.47. The number of carbonyl (C=O) groups is 1. The molecule has 3 heteroatoms. The molecule has 2 nitrogen and oxygen atoms in total. The zero-order valence-corrected chi connectivity index (χ0v) is 9.66. The third-order valence-electron chi connectivity index (χ3n) is 4.61. The number of rotatable bonds is 1. The van der Waals surface area contributed by atoms with Gasteiger partial charge in [0.25, 0.3) is 0 Å². The van der Waals surface area contributed by atoms with Gasteiger partial charge in [-0.2, -0.15) is 0 Å². The fourth-order valence-corrected chi connectivity index (χ4v) is 5.27. The van der Waals surface area contributed by atoms with Crippen LogP contribution in [0.5, 0.6) is 0 Å². The van der Waals surface area contributed by atoms with Crippen molar-refractivity contribution in [1.29, 1.82) is 0 Å². The van der Waals surface area contributed by atoms with E-state index in [9.17, 15) is 9.90 Å². The first-order valence-electron chi connectivity index (χ1n) is 5.49. The summed E-state index contributed by atoms with van der Waals surface area (Å²) in [7, 11) is 0. The first-order chi connectivity index (χ1) is 6.62. The average molecular weight is 259 g/mol. The number of alkyl halides is 1. The summed E-state index contributed by atoms with van der Waals surface area (Å²) in [6.07, 6.45) is 5.67. The highest BCUT2D eigenvalue weighted by molar-refractivity contribution is 9.09. The summed E-state index contributed by atoms with van der Waals surface area (Å²) in [5, 5.41) is 9.42. The minimum Gasteiger partial charge on any atom is -0.481 e. The maximum absolute atomic E-state index is 11.4. The maximum Gasteiger partial charge on any atom is 0.310 e. The predicted molar refractivity (Wildman–Crippen MR) is 56.3 cm³/mol. The number of aliphatic carboxylic acids is 1. The molecule has 4 fully saturated rings. The van der Waals surface area contributed by atoms with Crippen LogP contribution in [0.1, 0.15) is 32.1 Å². The molecule has 0 heterocycles. The van der Waals surface area contributed by atoms with Crippen molar-refractivity contribution in [2.75, 3.05) is 0 Å². The smallest absolute Gasteiger partial charge is 0.310 e. The van der Waals surface area contributed by atoms with Crippen LogP contribution in [0.3, 0.4) is 0 Å². The molecular weight excluding hydrogens is 244 g/mol. The quantitative estimate of drug-likeness (QED) is 0.735. The maximum atomic E-state index is 11.4. The predicted octanol–water partition coefficient (Wildman–Crippen LogP) is 2.66. The van der Waals surface area contributed by atoms with Crippen molar-refractivity contribution in [1.82, 2.24) is 0 Å². The van der Waals surface area contributed by atoms with Gasteiger partial charge in [-0.3, -0.25) is 4.79 Å². The van der Waals surface area contributed by atoms with Gasteiger partial charge in [0, 0.05) is 4.83 Å². The number of hydrogen-bond acceptors (Lipinski definition) is 1. The van der Waals surface area contributed by atoms with Crippen LogP contribution < -0.4 is 0 Å². The van der Waals surface area contributed by atoms with E-state index in [-0.39, 0.29) is 4.83 Å². The lowest BCUT2D eigenvalue weighted by Gasteiger charge is -2.57. The lowest BCUT2D eigenvalue weighted by atomic mass is 9.49. The normalized spacial score (nSPS) is 54.9. The third-order valence-corrected chi connectivity index (χ3v) is 6.24. The van der Waals surface area contributed by atoms with Gasteiger partial charge in [0.2, 0.25) is 0 Å². The van der Waals surface area contributed by atoms with Crippen molar-refractivity contribution in [2.45, 2.75) is 36.9 Å². The Bertz CT molecular complexity index is 275. The summed E-state index contributed by atoms with van der Waals surface area (Å²) in [4.78, 5) is 11.7. The molecule has 1 N–H and O–H groups in total. The van der Waals surface area contributed by atoms with Gasteiger partial charge in [0.15, 0.2) is 0 Å². The summed E-state index contributed by atoms with van der Waals surface area (Å²) in [6, 6.07) is 0. The molecule has 5 atom stereocenters. The lowest BCUT2D eigenvalue weighted by Crippen LogP contribution is -2.57. The van der Waals surface area contributed by atoms with Gasteiger partial charge in [-0.1, -0.05) is 15.9 Å². The van der Waals surface area contributed by atoms with Crippen LogP contribution in [0.15, 0.2) is 0 Å². The van der Waals surface area contributed by atoms with Crippen LogP contribution in [-0.4, -0.2) is 15.9 Å². The van der Waals surface area contributed by atoms with Crippen LogP contribution in [-0.2, 0) is 4.79 Å². The Kier molecular flexibility index (Phi) is 1.80. The molecule has 0 aromatic carbocycles. The Morgan fingerprint density at radius 2 is 1.79 bits per heavy atom. The van der Waals surface area contributed by atoms with E-state index in [4.69, 9.17) is 0 Å². The monoisotopic (exact) mass is 258 g/mol. The minimum atomic E-state index is -0.557. The highest BCUT2D eigenvalue weighted by atomic mass is 79.9. The van der Waals surface area contributed by atoms with Crippen molar-refractivity contribution < 1.29 is 9.90 Å². The van der Waals surface area contributed by atoms with Crippen LogP contribution in [0.4, 0.5) is 0 Å². The van der Waals surface area contributed by atoms with Gasteiger partial charge in [0.1, 0.15) is 0 Å². The van der Waals surface area contributed by atoms with Crippen molar-refractivity contribution in [3.63, 3.8) is 0 Å². The fourth-order valence-electron chi connectivity index (χ4n) is 4.27. The molecule has 4 saturated carbocycles. The molecule has 0 spiro atoms. The fraction of sp³-hybridized carbons (Fsp3) is 0.909. The SMILES string of the molecule is O=C(O)C12C[C@@H]3CC(C[C@@H](C3)C1)C2Br. The zero-order valence-electron chi connectivity index (χ0n) is 8.08. The van der Waals surface area contributed by atoms with E-state index in [1.54, 1.807) is 0 Å². The molecule has 3 unspecified atom stereocenters. The number of hydrogen-bond donors (Lipinski definition) is 1. The molecule has 0 amide bonds. The molecule has 0 saturated heterocycles. The van der Waals surface area contributed by atoms with Crippen molar-refractivity contribution in [2.24, 2.45) is 23.2 Å². The molecule has 4 bridgehead atoms. The minimum absolute atomic E-state index is 0.236. The molecule has 78 valence electrons. The largest absolute Gasteiger partial charge is 0.481 e. The molecular formula is C11H15BrO2. The van der Waals surface area contributed by atoms with Gasteiger partial charge >= 0.3 is 5.97 Å². The van der Waals surface area contributed by atoms with Crippen molar-refractivity contribution >= 4 is 21.9 Å². The first kappa shape index (κ1) is 9.20. The Morgan fingerprint density at radius 3 is 2.29 bits per heavy atom. The van der Waals surface area contributed by atoms with E-state index in [0.717, 1.165) is 12.8 Å². The summed E-state index contributed by atoms with van der Waals surface area (Å²) in [5.41, 5.74) is -0.408. The van der Waals surface area contributed by atoms with E-state index < -0.39 is 11.4 Å². The standard InChI is InChI=1S/C11H15BrO2/c12-9-8-2-6-1-7(3-8)5-11(9,4-6)10(13)14/h6-9H,1-5H2,(H,13,14)/t6-,7+,8?,9?,11?. The third kappa shape index (κ3) is 0.995. The highest BCUT2D eigenvalue weighted by Gasteiger charge is 2.60. The van der Waals surface area contributed by atoms with Crippen molar-refractivity contribution in [3.05, 3.63) is 0 Å². The number of halogens is 1. The topological polar surface area (TPSA) is 37.3 Å². The number of carboxylic acids is 1. The zero-order chi connectivity index (χ0) is 9.92. The van der Waals surface area contributed by atoms with Crippen LogP contribution in [0.2, 0.25) is 0 Å². The van der Waals surface area contributed by atoms with Gasteiger partial charge in [-0.15, -0.1) is 0 Å². The Morgan fingerprint density at radius 1 is 1.21 bits per heavy atom. The second-order valence-corrected chi connectivity index (χ2v) is 6.46. The molecule has 0 aromatic rings. The average Bonchev–Trinajstić information content (AvgIpc) is 2.12. The summed E-state index contributed by atoms with van der Waals surface area (Å²) in [6.45, 7) is 0. The molecule has 4 aliphatic carbocycles. The first-order valence-corrected chi connectivity index (χ1v) is 6.41. The molecule has 4 rings (SSSR count). The highest BCUT2D eigenvalue weighted by Crippen LogP contribution is 2.62. The lowest BCUT2D eigenvalue weighted by molar-refractivity contribution is -0.162. The van der Waals surface area contributed by atoms with E-state index in [1.807, 2.05) is 0 Å². The van der Waals surface area contributed by atoms with Gasteiger partial charge in [0.05, 0.1) is 5.41 Å². The van der Waals surface area contributed by atoms with E-state index in [2.05, 4.69) is 15.9 Å². The van der Waals surface area contributed by atoms with E-state index in [1.165, 1.54) is 19.3 Å². The van der Waals surface area contributed by atoms with Crippen LogP contribution in [0, 0.1) is 23.2 Å². The summed E-state index contributed by atoms with van der Waals surface area (Å²) >= 11 is 3.66. The summed E-state index contributed by atoms with van der Waals surface area (Å²) in [5.74, 6) is 1.49. The Balaban J connectivity index is 2.01. The van der Waals surface area contributed by atoms with Crippen LogP contribution in [0.25, 0.3) is 0 Å². The van der Waals surface area contributed by atoms with E-state index in [0.29, 0.717) is 17.8 Å². The number of carboxylic acid groups (broad SMARTS) is 1. The van der Waals surface area contributed by atoms with Gasteiger partial charge < -0.3 is 5.11 Å².